The van der Waals surface area contributed by atoms with Gasteiger partial charge in [0.25, 0.3) is 0 Å². The van der Waals surface area contributed by atoms with E-state index in [4.69, 9.17) is 14.2 Å². The molecule has 2 radical (unpaired) electrons. The van der Waals surface area contributed by atoms with E-state index < -0.39 is 6.10 Å². The first-order chi connectivity index (χ1) is 12.9. The number of piperidine rings is 1. The van der Waals surface area contributed by atoms with Gasteiger partial charge in [-0.3, -0.25) is 9.59 Å². The average molecular weight is 579 g/mol. The maximum atomic E-state index is 11.7. The van der Waals surface area contributed by atoms with E-state index in [1.54, 1.807) is 0 Å². The van der Waals surface area contributed by atoms with Crippen LogP contribution in [0.3, 0.4) is 0 Å². The van der Waals surface area contributed by atoms with E-state index in [-0.39, 0.29) is 56.7 Å². The Morgan fingerprint density at radius 3 is 2.71 bits per heavy atom. The van der Waals surface area contributed by atoms with Crippen LogP contribution >= 0.6 is 0 Å². The van der Waals surface area contributed by atoms with Gasteiger partial charge in [0, 0.05) is 36.8 Å². The van der Waals surface area contributed by atoms with E-state index in [0.717, 1.165) is 24.9 Å². The molecule has 1 saturated heterocycles. The van der Waals surface area contributed by atoms with Crippen LogP contribution < -0.4 is 9.47 Å². The zero-order chi connectivity index (χ0) is 18.9. The Balaban J connectivity index is 0.00000192. The van der Waals surface area contributed by atoms with Crippen molar-refractivity contribution in [2.45, 2.75) is 50.4 Å². The number of carbonyl (C=O) groups excluding carboxylic acids is 2. The number of carbonyl (C=O) groups is 2. The molecule has 0 saturated carbocycles. The van der Waals surface area contributed by atoms with Crippen molar-refractivity contribution in [2.75, 3.05) is 13.6 Å². The Bertz CT molecular complexity index is 884. The van der Waals surface area contributed by atoms with E-state index in [1.165, 1.54) is 19.4 Å². The van der Waals surface area contributed by atoms with E-state index in [0.29, 0.717) is 17.5 Å². The van der Waals surface area contributed by atoms with Crippen LogP contribution in [0.1, 0.15) is 31.4 Å². The van der Waals surface area contributed by atoms with Crippen molar-refractivity contribution in [1.82, 2.24) is 4.90 Å². The van der Waals surface area contributed by atoms with Crippen LogP contribution in [-0.4, -0.2) is 76.0 Å². The number of hydrogen-bond acceptors (Lipinski definition) is 6. The molecule has 0 amide bonds. The van der Waals surface area contributed by atoms with Crippen molar-refractivity contribution < 1.29 is 23.8 Å². The van der Waals surface area contributed by atoms with Crippen LogP contribution in [0.4, 0.5) is 0 Å². The third kappa shape index (κ3) is 2.59. The quantitative estimate of drug-likeness (QED) is 0.227. The predicted octanol–water partition coefficient (Wildman–Crippen LogP) is 1.07. The van der Waals surface area contributed by atoms with Gasteiger partial charge in [0.1, 0.15) is 6.10 Å². The normalized spacial score (nSPS) is 34.0. The summed E-state index contributed by atoms with van der Waals surface area (Å²) in [5.74, 6) is 0.712. The summed E-state index contributed by atoms with van der Waals surface area (Å²) in [6.45, 7) is 3.77. The van der Waals surface area contributed by atoms with Crippen LogP contribution in [0.15, 0.2) is 24.3 Å². The molecule has 7 heteroatoms. The first-order valence-electron chi connectivity index (χ1n) is 9.49. The molecule has 148 valence electrons. The molecule has 1 fully saturated rings. The summed E-state index contributed by atoms with van der Waals surface area (Å²) in [4.78, 5) is 25.7. The monoisotopic (exact) mass is 579 g/mol. The van der Waals surface area contributed by atoms with Crippen molar-refractivity contribution in [2.24, 2.45) is 5.92 Å². The standard InChI is InChI=1S/C21H23NO5.Pb.2H/c1-11(23)25-16-6-4-13-10-15-14-5-7-17(26-12(2)24)20-21(14,8-9-22(15)3)18(13)19(16)27-20;;;/h4-7,14-15,17,20H,8-10H2,1-3H3;;;/t14-,15+,17-,20-,21-;;;/m0.../s1. The number of likely N-dealkylation sites (N-methyl/N-ethyl adjacent to an activating group) is 1. The van der Waals surface area contributed by atoms with Crippen molar-refractivity contribution in [3.05, 3.63) is 35.4 Å². The number of esters is 2. The minimum absolute atomic E-state index is 0. The molecule has 0 aromatic heterocycles. The Morgan fingerprint density at radius 2 is 2.00 bits per heavy atom. The van der Waals surface area contributed by atoms with Gasteiger partial charge in [-0.05, 0) is 44.1 Å². The van der Waals surface area contributed by atoms with Crippen molar-refractivity contribution >= 4 is 39.2 Å². The molecule has 1 spiro atoms. The molecular formula is C21H25NO5Pb. The third-order valence-electron chi connectivity index (χ3n) is 6.67. The first-order valence-corrected chi connectivity index (χ1v) is 9.49. The fourth-order valence-electron chi connectivity index (χ4n) is 5.74. The average Bonchev–Trinajstić information content (AvgIpc) is 2.95. The molecule has 0 N–H and O–H groups in total. The van der Waals surface area contributed by atoms with Crippen LogP contribution in [0.5, 0.6) is 11.5 Å². The molecule has 1 aromatic rings. The summed E-state index contributed by atoms with van der Waals surface area (Å²) >= 11 is 0. The Kier molecular flexibility index (Phi) is 4.85. The summed E-state index contributed by atoms with van der Waals surface area (Å²) in [7, 11) is 2.17. The van der Waals surface area contributed by atoms with Gasteiger partial charge in [0.15, 0.2) is 17.6 Å². The van der Waals surface area contributed by atoms with Gasteiger partial charge in [-0.15, -0.1) is 0 Å². The summed E-state index contributed by atoms with van der Waals surface area (Å²) in [5, 5.41) is 0. The summed E-state index contributed by atoms with van der Waals surface area (Å²) in [6.07, 6.45) is 5.31. The molecule has 6 nitrogen and oxygen atoms in total. The number of ether oxygens (including phenoxy) is 3. The molecule has 5 atom stereocenters. The molecule has 28 heavy (non-hydrogen) atoms. The van der Waals surface area contributed by atoms with Crippen LogP contribution in [-0.2, 0) is 26.2 Å². The number of benzene rings is 1. The van der Waals surface area contributed by atoms with Crippen LogP contribution in [0, 0.1) is 5.92 Å². The molecular weight excluding hydrogens is 553 g/mol. The topological polar surface area (TPSA) is 65.1 Å². The van der Waals surface area contributed by atoms with E-state index in [9.17, 15) is 9.59 Å². The third-order valence-corrected chi connectivity index (χ3v) is 6.67. The second-order valence-electron chi connectivity index (χ2n) is 8.09. The summed E-state index contributed by atoms with van der Waals surface area (Å²) < 4.78 is 17.5. The van der Waals surface area contributed by atoms with E-state index in [2.05, 4.69) is 24.1 Å². The maximum absolute atomic E-state index is 11.7. The zero-order valence-corrected chi connectivity index (χ0v) is 21.9. The Hall–Kier alpha value is -1.42. The molecule has 4 aliphatic rings. The van der Waals surface area contributed by atoms with Crippen LogP contribution in [0.2, 0.25) is 0 Å². The minimum atomic E-state index is -0.439. The summed E-state index contributed by atoms with van der Waals surface area (Å²) in [5.41, 5.74) is 2.15. The number of nitrogens with zero attached hydrogens (tertiary/aromatic N) is 1. The van der Waals surface area contributed by atoms with Crippen LogP contribution in [0.25, 0.3) is 0 Å². The molecule has 2 bridgehead atoms. The molecule has 0 unspecified atom stereocenters. The van der Waals surface area contributed by atoms with Gasteiger partial charge in [0.2, 0.25) is 0 Å². The van der Waals surface area contributed by atoms with Gasteiger partial charge in [-0.25, -0.2) is 0 Å². The molecule has 2 heterocycles. The SMILES string of the molecule is CC(=O)Oc1ccc2c3c1O[C@H]1[C@@H](OC(C)=O)C=C[C@H]4[C@@H](C2)N(C)CC[C@@]341.[PbH2]. The number of hydrogen-bond donors (Lipinski definition) is 0. The first kappa shape index (κ1) is 19.9. The predicted molar refractivity (Wildman–Crippen MR) is 105 cm³/mol. The second-order valence-corrected chi connectivity index (χ2v) is 8.09. The molecule has 1 aromatic carbocycles. The summed E-state index contributed by atoms with van der Waals surface area (Å²) in [6, 6.07) is 4.28. The van der Waals surface area contributed by atoms with E-state index in [1.807, 2.05) is 12.1 Å². The molecule has 2 aliphatic heterocycles. The second kappa shape index (κ2) is 6.83. The van der Waals surface area contributed by atoms with Crippen molar-refractivity contribution in [3.8, 4) is 11.5 Å². The number of likely N-dealkylation sites (tertiary alicyclic amines) is 1. The van der Waals surface area contributed by atoms with Gasteiger partial charge >= 0.3 is 39.2 Å². The molecule has 5 rings (SSSR count). The number of rotatable bonds is 2. The van der Waals surface area contributed by atoms with Gasteiger partial charge in [-0.2, -0.15) is 0 Å². The van der Waals surface area contributed by atoms with Crippen molar-refractivity contribution in [1.29, 1.82) is 0 Å². The fourth-order valence-corrected chi connectivity index (χ4v) is 5.74. The Labute approximate surface area is 184 Å². The van der Waals surface area contributed by atoms with E-state index >= 15 is 0 Å². The zero-order valence-electron chi connectivity index (χ0n) is 16.4. The van der Waals surface area contributed by atoms with Gasteiger partial charge < -0.3 is 19.1 Å². The van der Waals surface area contributed by atoms with Crippen molar-refractivity contribution in [3.63, 3.8) is 0 Å². The van der Waals surface area contributed by atoms with Gasteiger partial charge in [-0.1, -0.05) is 12.1 Å². The fraction of sp³-hybridized carbons (Fsp3) is 0.524. The molecule has 2 aliphatic carbocycles. The Morgan fingerprint density at radius 1 is 1.21 bits per heavy atom. The van der Waals surface area contributed by atoms with Gasteiger partial charge in [0.05, 0.1) is 0 Å².